The first-order valence-corrected chi connectivity index (χ1v) is 10.1. The SMILES string of the molecule is CCn1c2ccccc2c2nnc(S[C@@H](C)C(=O)N(C)c3ccccc3)nc21. The standard InChI is InChI=1S/C21H21N5OS/c1-4-26-17-13-9-8-12-16(17)18-19(26)22-21(24-23-18)28-14(2)20(27)25(3)15-10-6-5-7-11-15/h5-14H,4H2,1-3H3/t14-/m0/s1. The molecule has 1 atom stereocenters. The third-order valence-corrected chi connectivity index (χ3v) is 5.71. The molecule has 2 aromatic carbocycles. The predicted molar refractivity (Wildman–Crippen MR) is 114 cm³/mol. The van der Waals surface area contributed by atoms with Gasteiger partial charge < -0.3 is 9.47 Å². The van der Waals surface area contributed by atoms with Crippen LogP contribution < -0.4 is 4.90 Å². The van der Waals surface area contributed by atoms with Gasteiger partial charge in [-0.3, -0.25) is 4.79 Å². The summed E-state index contributed by atoms with van der Waals surface area (Å²) in [7, 11) is 1.78. The summed E-state index contributed by atoms with van der Waals surface area (Å²) in [5, 5.41) is 9.91. The maximum Gasteiger partial charge on any atom is 0.240 e. The third-order valence-electron chi connectivity index (χ3n) is 4.77. The Hall–Kier alpha value is -2.93. The van der Waals surface area contributed by atoms with E-state index in [1.807, 2.05) is 55.5 Å². The molecule has 0 aliphatic rings. The summed E-state index contributed by atoms with van der Waals surface area (Å²) in [4.78, 5) is 19.2. The van der Waals surface area contributed by atoms with Crippen molar-refractivity contribution in [1.82, 2.24) is 19.7 Å². The van der Waals surface area contributed by atoms with E-state index in [0.29, 0.717) is 5.16 Å². The van der Waals surface area contributed by atoms with Gasteiger partial charge in [-0.1, -0.05) is 48.2 Å². The summed E-state index contributed by atoms with van der Waals surface area (Å²) < 4.78 is 2.13. The smallest absolute Gasteiger partial charge is 0.240 e. The lowest BCUT2D eigenvalue weighted by atomic mass is 10.2. The number of carbonyl (C=O) groups excluding carboxylic acids is 1. The molecule has 2 heterocycles. The number of anilines is 1. The molecular weight excluding hydrogens is 370 g/mol. The van der Waals surface area contributed by atoms with Crippen LogP contribution in [-0.2, 0) is 11.3 Å². The van der Waals surface area contributed by atoms with E-state index >= 15 is 0 Å². The minimum Gasteiger partial charge on any atom is -0.324 e. The number of benzene rings is 2. The van der Waals surface area contributed by atoms with Gasteiger partial charge in [0.1, 0.15) is 5.52 Å². The number of para-hydroxylation sites is 2. The van der Waals surface area contributed by atoms with Crippen LogP contribution in [0.15, 0.2) is 59.8 Å². The third kappa shape index (κ3) is 3.22. The van der Waals surface area contributed by atoms with Crippen LogP contribution in [0.1, 0.15) is 13.8 Å². The molecule has 4 aromatic rings. The number of hydrogen-bond donors (Lipinski definition) is 0. The first-order chi connectivity index (χ1) is 13.6. The van der Waals surface area contributed by atoms with Gasteiger partial charge in [0.15, 0.2) is 5.65 Å². The van der Waals surface area contributed by atoms with Crippen molar-refractivity contribution in [2.75, 3.05) is 11.9 Å². The molecule has 0 spiro atoms. The zero-order valence-corrected chi connectivity index (χ0v) is 16.8. The van der Waals surface area contributed by atoms with Crippen LogP contribution in [0.25, 0.3) is 22.1 Å². The Balaban J connectivity index is 1.63. The van der Waals surface area contributed by atoms with E-state index in [1.165, 1.54) is 11.8 Å². The fraction of sp³-hybridized carbons (Fsp3) is 0.238. The number of nitrogens with zero attached hydrogens (tertiary/aromatic N) is 5. The van der Waals surface area contributed by atoms with E-state index < -0.39 is 0 Å². The maximum atomic E-state index is 12.8. The molecule has 28 heavy (non-hydrogen) atoms. The van der Waals surface area contributed by atoms with Crippen LogP contribution in [-0.4, -0.2) is 38.0 Å². The summed E-state index contributed by atoms with van der Waals surface area (Å²) >= 11 is 1.33. The number of amides is 1. The van der Waals surface area contributed by atoms with Crippen molar-refractivity contribution in [2.45, 2.75) is 30.8 Å². The summed E-state index contributed by atoms with van der Waals surface area (Å²) in [6, 6.07) is 17.7. The summed E-state index contributed by atoms with van der Waals surface area (Å²) in [5.41, 5.74) is 3.55. The molecular formula is C21H21N5OS. The molecule has 1 amide bonds. The molecule has 142 valence electrons. The van der Waals surface area contributed by atoms with E-state index in [0.717, 1.165) is 34.3 Å². The molecule has 0 aliphatic carbocycles. The largest absolute Gasteiger partial charge is 0.324 e. The molecule has 0 N–H and O–H groups in total. The highest BCUT2D eigenvalue weighted by atomic mass is 32.2. The van der Waals surface area contributed by atoms with Crippen LogP contribution in [0.2, 0.25) is 0 Å². The van der Waals surface area contributed by atoms with Crippen LogP contribution in [0.3, 0.4) is 0 Å². The Morgan fingerprint density at radius 3 is 2.57 bits per heavy atom. The lowest BCUT2D eigenvalue weighted by Gasteiger charge is -2.20. The molecule has 6 nitrogen and oxygen atoms in total. The molecule has 0 fully saturated rings. The predicted octanol–water partition coefficient (Wildman–Crippen LogP) is 4.14. The van der Waals surface area contributed by atoms with Crippen molar-refractivity contribution in [3.63, 3.8) is 0 Å². The van der Waals surface area contributed by atoms with Crippen molar-refractivity contribution >= 4 is 45.4 Å². The number of rotatable bonds is 5. The van der Waals surface area contributed by atoms with Crippen LogP contribution >= 0.6 is 11.8 Å². The summed E-state index contributed by atoms with van der Waals surface area (Å²) in [5.74, 6) is -0.00377. The average molecular weight is 392 g/mol. The van der Waals surface area contributed by atoms with E-state index in [2.05, 4.69) is 27.8 Å². The Morgan fingerprint density at radius 2 is 1.82 bits per heavy atom. The second kappa shape index (κ2) is 7.59. The molecule has 0 radical (unpaired) electrons. The second-order valence-electron chi connectivity index (χ2n) is 6.52. The lowest BCUT2D eigenvalue weighted by Crippen LogP contribution is -2.33. The number of hydrogen-bond acceptors (Lipinski definition) is 5. The molecule has 0 saturated carbocycles. The first kappa shape index (κ1) is 18.4. The van der Waals surface area contributed by atoms with Gasteiger partial charge in [-0.15, -0.1) is 10.2 Å². The van der Waals surface area contributed by atoms with E-state index in [-0.39, 0.29) is 11.2 Å². The van der Waals surface area contributed by atoms with Crippen LogP contribution in [0.5, 0.6) is 0 Å². The van der Waals surface area contributed by atoms with Crippen LogP contribution in [0.4, 0.5) is 5.69 Å². The van der Waals surface area contributed by atoms with Gasteiger partial charge in [-0.2, -0.15) is 0 Å². The molecule has 0 unspecified atom stereocenters. The minimum atomic E-state index is -0.330. The topological polar surface area (TPSA) is 63.9 Å². The number of aromatic nitrogens is 4. The van der Waals surface area contributed by atoms with Gasteiger partial charge in [0, 0.05) is 24.7 Å². The highest BCUT2D eigenvalue weighted by Crippen LogP contribution is 2.28. The number of thioether (sulfide) groups is 1. The molecule has 0 saturated heterocycles. The number of fused-ring (bicyclic) bond motifs is 3. The molecule has 2 aromatic heterocycles. The van der Waals surface area contributed by atoms with Crippen molar-refractivity contribution in [1.29, 1.82) is 0 Å². The lowest BCUT2D eigenvalue weighted by molar-refractivity contribution is -0.117. The van der Waals surface area contributed by atoms with Crippen molar-refractivity contribution in [3.05, 3.63) is 54.6 Å². The Bertz CT molecular complexity index is 1140. The quantitative estimate of drug-likeness (QED) is 0.478. The summed E-state index contributed by atoms with van der Waals surface area (Å²) in [6.07, 6.45) is 0. The van der Waals surface area contributed by atoms with Gasteiger partial charge in [-0.25, -0.2) is 4.98 Å². The van der Waals surface area contributed by atoms with Gasteiger partial charge in [0.2, 0.25) is 11.1 Å². The van der Waals surface area contributed by atoms with Crippen molar-refractivity contribution in [3.8, 4) is 0 Å². The summed E-state index contributed by atoms with van der Waals surface area (Å²) in [6.45, 7) is 4.75. The normalized spacial score (nSPS) is 12.4. The molecule has 0 bridgehead atoms. The monoisotopic (exact) mass is 391 g/mol. The highest BCUT2D eigenvalue weighted by molar-refractivity contribution is 8.00. The van der Waals surface area contributed by atoms with Gasteiger partial charge >= 0.3 is 0 Å². The van der Waals surface area contributed by atoms with Crippen molar-refractivity contribution in [2.24, 2.45) is 0 Å². The maximum absolute atomic E-state index is 12.8. The average Bonchev–Trinajstić information content (AvgIpc) is 3.06. The zero-order valence-electron chi connectivity index (χ0n) is 16.0. The highest BCUT2D eigenvalue weighted by Gasteiger charge is 2.22. The molecule has 4 rings (SSSR count). The van der Waals surface area contributed by atoms with E-state index in [9.17, 15) is 4.79 Å². The van der Waals surface area contributed by atoms with Gasteiger partial charge in [0.05, 0.1) is 10.8 Å². The second-order valence-corrected chi connectivity index (χ2v) is 7.83. The zero-order chi connectivity index (χ0) is 19.7. The van der Waals surface area contributed by atoms with E-state index in [4.69, 9.17) is 4.98 Å². The Labute approximate surface area is 167 Å². The van der Waals surface area contributed by atoms with Crippen molar-refractivity contribution < 1.29 is 4.79 Å². The fourth-order valence-corrected chi connectivity index (χ4v) is 4.12. The van der Waals surface area contributed by atoms with E-state index in [1.54, 1.807) is 11.9 Å². The van der Waals surface area contributed by atoms with Gasteiger partial charge in [0.25, 0.3) is 0 Å². The fourth-order valence-electron chi connectivity index (χ4n) is 3.32. The molecule has 0 aliphatic heterocycles. The van der Waals surface area contributed by atoms with Crippen LogP contribution in [0, 0.1) is 0 Å². The Morgan fingerprint density at radius 1 is 1.11 bits per heavy atom. The number of carbonyl (C=O) groups is 1. The minimum absolute atomic E-state index is 0.00377. The van der Waals surface area contributed by atoms with Gasteiger partial charge in [-0.05, 0) is 32.0 Å². The molecule has 7 heteroatoms. The first-order valence-electron chi connectivity index (χ1n) is 9.21. The Kier molecular flexibility index (Phi) is 5.00. The number of aryl methyl sites for hydroxylation is 1.